The summed E-state index contributed by atoms with van der Waals surface area (Å²) < 4.78 is 16.7. The molecule has 0 aliphatic rings. The second-order valence-corrected chi connectivity index (χ2v) is 4.58. The third-order valence-corrected chi connectivity index (χ3v) is 2.94. The molecule has 2 aromatic heterocycles. The van der Waals surface area contributed by atoms with Crippen molar-refractivity contribution in [3.05, 3.63) is 59.4 Å². The molecule has 2 heterocycles. The monoisotopic (exact) mass is 284 g/mol. The van der Waals surface area contributed by atoms with E-state index in [-0.39, 0.29) is 5.82 Å². The Morgan fingerprint density at radius 2 is 2.05 bits per heavy atom. The Hall–Kier alpha value is -2.83. The first-order valence-electron chi connectivity index (χ1n) is 6.37. The molecular weight excluding hydrogens is 271 g/mol. The van der Waals surface area contributed by atoms with Crippen LogP contribution >= 0.6 is 0 Å². The topological polar surface area (TPSA) is 60.9 Å². The Kier molecular flexibility index (Phi) is 3.31. The van der Waals surface area contributed by atoms with Crippen LogP contribution in [0.2, 0.25) is 0 Å². The maximum absolute atomic E-state index is 13.6. The van der Waals surface area contributed by atoms with E-state index >= 15 is 0 Å². The fourth-order valence-electron chi connectivity index (χ4n) is 1.98. The summed E-state index contributed by atoms with van der Waals surface area (Å²) in [7, 11) is 0. The Labute approximate surface area is 120 Å². The molecule has 0 amide bonds. The van der Waals surface area contributed by atoms with E-state index in [9.17, 15) is 4.39 Å². The van der Waals surface area contributed by atoms with Crippen LogP contribution in [0.15, 0.2) is 41.8 Å². The lowest BCUT2D eigenvalue weighted by molar-refractivity contribution is 0.625. The van der Waals surface area contributed by atoms with Gasteiger partial charge >= 0.3 is 0 Å². The van der Waals surface area contributed by atoms with Crippen molar-refractivity contribution in [3.8, 4) is 5.95 Å². The molecular formula is C14H13FN6. The highest BCUT2D eigenvalue weighted by molar-refractivity contribution is 5.79. The summed E-state index contributed by atoms with van der Waals surface area (Å²) in [4.78, 5) is 0. The van der Waals surface area contributed by atoms with Crippen LogP contribution in [0.4, 0.5) is 4.39 Å². The average molecular weight is 284 g/mol. The minimum Gasteiger partial charge on any atom is -0.206 e. The van der Waals surface area contributed by atoms with Gasteiger partial charge in [0.2, 0.25) is 0 Å². The van der Waals surface area contributed by atoms with Gasteiger partial charge in [-0.25, -0.2) is 9.07 Å². The molecule has 106 valence electrons. The number of hydrogen-bond donors (Lipinski definition) is 0. The largest absolute Gasteiger partial charge is 0.273 e. The van der Waals surface area contributed by atoms with Gasteiger partial charge in [-0.15, -0.1) is 10.2 Å². The highest BCUT2D eigenvalue weighted by Crippen LogP contribution is 2.09. The van der Waals surface area contributed by atoms with Gasteiger partial charge in [0, 0.05) is 11.3 Å². The number of aryl methyl sites for hydroxylation is 2. The molecule has 0 saturated carbocycles. The Morgan fingerprint density at radius 1 is 1.24 bits per heavy atom. The molecule has 0 aliphatic carbocycles. The summed E-state index contributed by atoms with van der Waals surface area (Å²) in [5, 5.41) is 16.4. The summed E-state index contributed by atoms with van der Waals surface area (Å²) in [5.74, 6) is 0.121. The van der Waals surface area contributed by atoms with Crippen molar-refractivity contribution >= 4 is 6.21 Å². The van der Waals surface area contributed by atoms with Gasteiger partial charge in [-0.1, -0.05) is 18.2 Å². The molecule has 6 nitrogen and oxygen atoms in total. The van der Waals surface area contributed by atoms with Crippen molar-refractivity contribution in [2.75, 3.05) is 0 Å². The molecule has 0 bridgehead atoms. The van der Waals surface area contributed by atoms with Crippen LogP contribution in [-0.2, 0) is 0 Å². The fraction of sp³-hybridized carbons (Fsp3) is 0.143. The summed E-state index contributed by atoms with van der Waals surface area (Å²) in [6, 6.07) is 8.34. The van der Waals surface area contributed by atoms with Crippen molar-refractivity contribution in [1.29, 1.82) is 0 Å². The van der Waals surface area contributed by atoms with Crippen LogP contribution < -0.4 is 0 Å². The van der Waals surface area contributed by atoms with E-state index in [4.69, 9.17) is 0 Å². The lowest BCUT2D eigenvalue weighted by Gasteiger charge is -2.02. The molecule has 0 saturated heterocycles. The van der Waals surface area contributed by atoms with Crippen LogP contribution in [0.5, 0.6) is 0 Å². The molecule has 3 aromatic rings. The number of aromatic nitrogens is 5. The molecule has 7 heteroatoms. The second-order valence-electron chi connectivity index (χ2n) is 4.58. The van der Waals surface area contributed by atoms with E-state index in [1.807, 2.05) is 19.9 Å². The summed E-state index contributed by atoms with van der Waals surface area (Å²) >= 11 is 0. The maximum atomic E-state index is 13.6. The van der Waals surface area contributed by atoms with Crippen molar-refractivity contribution in [2.45, 2.75) is 13.8 Å². The van der Waals surface area contributed by atoms with Crippen LogP contribution in [0.3, 0.4) is 0 Å². The van der Waals surface area contributed by atoms with E-state index in [1.54, 1.807) is 22.9 Å². The van der Waals surface area contributed by atoms with Gasteiger partial charge in [0.1, 0.15) is 12.1 Å². The van der Waals surface area contributed by atoms with E-state index in [2.05, 4.69) is 20.4 Å². The molecule has 21 heavy (non-hydrogen) atoms. The van der Waals surface area contributed by atoms with Gasteiger partial charge in [0.05, 0.1) is 11.9 Å². The summed E-state index contributed by atoms with van der Waals surface area (Å²) in [5.41, 5.74) is 2.19. The molecule has 0 radical (unpaired) electrons. The molecule has 0 fully saturated rings. The zero-order valence-electron chi connectivity index (χ0n) is 11.6. The molecule has 0 aliphatic heterocycles. The minimum atomic E-state index is -0.331. The quantitative estimate of drug-likeness (QED) is 0.692. The second kappa shape index (κ2) is 5.28. The Bertz CT molecular complexity index is 801. The Balaban J connectivity index is 1.97. The zero-order chi connectivity index (χ0) is 14.8. The number of nitrogens with zero attached hydrogens (tertiary/aromatic N) is 6. The molecule has 1 aromatic carbocycles. The number of rotatable bonds is 3. The van der Waals surface area contributed by atoms with E-state index in [0.29, 0.717) is 11.5 Å². The maximum Gasteiger partial charge on any atom is 0.273 e. The van der Waals surface area contributed by atoms with Crippen LogP contribution in [0.1, 0.15) is 17.0 Å². The first-order chi connectivity index (χ1) is 10.1. The molecule has 3 rings (SSSR count). The van der Waals surface area contributed by atoms with Gasteiger partial charge in [-0.2, -0.15) is 14.9 Å². The molecule has 0 spiro atoms. The van der Waals surface area contributed by atoms with Crippen molar-refractivity contribution in [2.24, 2.45) is 5.10 Å². The highest BCUT2D eigenvalue weighted by atomic mass is 19.1. The van der Waals surface area contributed by atoms with Crippen LogP contribution in [-0.4, -0.2) is 30.9 Å². The number of benzene rings is 1. The fourth-order valence-corrected chi connectivity index (χ4v) is 1.98. The first-order valence-corrected chi connectivity index (χ1v) is 6.37. The van der Waals surface area contributed by atoms with Gasteiger partial charge in [0.15, 0.2) is 0 Å². The lowest BCUT2D eigenvalue weighted by atomic mass is 10.2. The van der Waals surface area contributed by atoms with E-state index in [0.717, 1.165) is 11.4 Å². The van der Waals surface area contributed by atoms with Gasteiger partial charge < -0.3 is 0 Å². The zero-order valence-corrected chi connectivity index (χ0v) is 11.6. The first kappa shape index (κ1) is 13.2. The lowest BCUT2D eigenvalue weighted by Crippen LogP contribution is -2.06. The summed E-state index contributed by atoms with van der Waals surface area (Å²) in [6.45, 7) is 3.81. The highest BCUT2D eigenvalue weighted by Gasteiger charge is 2.10. The van der Waals surface area contributed by atoms with Gasteiger partial charge in [-0.05, 0) is 26.0 Å². The normalized spacial score (nSPS) is 11.4. The van der Waals surface area contributed by atoms with Crippen LogP contribution in [0, 0.1) is 19.7 Å². The van der Waals surface area contributed by atoms with Gasteiger partial charge in [-0.3, -0.25) is 0 Å². The number of hydrogen-bond acceptors (Lipinski definition) is 4. The number of halogens is 1. The predicted octanol–water partition coefficient (Wildman–Crippen LogP) is 2.10. The minimum absolute atomic E-state index is 0.331. The van der Waals surface area contributed by atoms with E-state index in [1.165, 1.54) is 23.3 Å². The smallest absolute Gasteiger partial charge is 0.206 e. The van der Waals surface area contributed by atoms with E-state index < -0.39 is 0 Å². The average Bonchev–Trinajstić information content (AvgIpc) is 3.04. The SMILES string of the molecule is Cc1cc(C)n(-c2nncn2N=Cc2ccccc2F)n1. The third kappa shape index (κ3) is 2.58. The molecule has 0 unspecified atom stereocenters. The third-order valence-electron chi connectivity index (χ3n) is 2.94. The Morgan fingerprint density at radius 3 is 2.76 bits per heavy atom. The van der Waals surface area contributed by atoms with Crippen molar-refractivity contribution in [3.63, 3.8) is 0 Å². The van der Waals surface area contributed by atoms with Crippen molar-refractivity contribution < 1.29 is 4.39 Å². The van der Waals surface area contributed by atoms with Gasteiger partial charge in [0.25, 0.3) is 5.95 Å². The molecule has 0 atom stereocenters. The standard InChI is InChI=1S/C14H13FN6/c1-10-7-11(2)21(19-10)14-18-16-9-20(14)17-8-12-5-3-4-6-13(12)15/h3-9H,1-2H3. The predicted molar refractivity (Wildman–Crippen MR) is 76.0 cm³/mol. The van der Waals surface area contributed by atoms with Crippen LogP contribution in [0.25, 0.3) is 5.95 Å². The summed E-state index contributed by atoms with van der Waals surface area (Å²) in [6.07, 6.45) is 2.87. The molecule has 0 N–H and O–H groups in total. The van der Waals surface area contributed by atoms with Crippen molar-refractivity contribution in [1.82, 2.24) is 24.7 Å².